The summed E-state index contributed by atoms with van der Waals surface area (Å²) >= 11 is 0. The van der Waals surface area contributed by atoms with Crippen LogP contribution in [0.3, 0.4) is 0 Å². The van der Waals surface area contributed by atoms with Crippen LogP contribution in [0, 0.1) is 0 Å². The molecule has 0 bridgehead atoms. The SMILES string of the molecule is COC(=O)CCCCCOC[C@@H](O)CF. The van der Waals surface area contributed by atoms with Crippen LogP contribution < -0.4 is 0 Å². The van der Waals surface area contributed by atoms with Crippen LogP contribution in [0.25, 0.3) is 0 Å². The zero-order valence-electron chi connectivity index (χ0n) is 9.08. The normalized spacial score (nSPS) is 12.5. The predicted octanol–water partition coefficient (Wildman–Crippen LogP) is 1.07. The number of hydrogen-bond donors (Lipinski definition) is 1. The first-order valence-corrected chi connectivity index (χ1v) is 5.09. The number of methoxy groups -OCH3 is 1. The van der Waals surface area contributed by atoms with Crippen LogP contribution in [0.2, 0.25) is 0 Å². The van der Waals surface area contributed by atoms with Crippen molar-refractivity contribution in [3.05, 3.63) is 0 Å². The smallest absolute Gasteiger partial charge is 0.305 e. The van der Waals surface area contributed by atoms with Gasteiger partial charge in [0.05, 0.1) is 13.7 Å². The van der Waals surface area contributed by atoms with Crippen molar-refractivity contribution in [2.24, 2.45) is 0 Å². The molecule has 0 aromatic carbocycles. The summed E-state index contributed by atoms with van der Waals surface area (Å²) in [6.45, 7) is -0.256. The Labute approximate surface area is 89.4 Å². The molecule has 4 nitrogen and oxygen atoms in total. The Morgan fingerprint density at radius 2 is 2.13 bits per heavy atom. The lowest BCUT2D eigenvalue weighted by molar-refractivity contribution is -0.140. The molecule has 5 heteroatoms. The van der Waals surface area contributed by atoms with Gasteiger partial charge in [-0.05, 0) is 12.8 Å². The molecule has 0 saturated carbocycles. The highest BCUT2D eigenvalue weighted by molar-refractivity contribution is 5.68. The van der Waals surface area contributed by atoms with E-state index in [9.17, 15) is 9.18 Å². The van der Waals surface area contributed by atoms with E-state index in [1.807, 2.05) is 0 Å². The number of aliphatic hydroxyl groups is 1. The minimum atomic E-state index is -1.01. The first-order chi connectivity index (χ1) is 7.20. The fourth-order valence-corrected chi connectivity index (χ4v) is 1.02. The van der Waals surface area contributed by atoms with E-state index in [0.29, 0.717) is 13.0 Å². The second-order valence-corrected chi connectivity index (χ2v) is 3.27. The van der Waals surface area contributed by atoms with Crippen molar-refractivity contribution in [3.63, 3.8) is 0 Å². The summed E-state index contributed by atoms with van der Waals surface area (Å²) in [6, 6.07) is 0. The van der Waals surface area contributed by atoms with E-state index in [-0.39, 0.29) is 12.6 Å². The van der Waals surface area contributed by atoms with Crippen LogP contribution in [0.15, 0.2) is 0 Å². The van der Waals surface area contributed by atoms with E-state index < -0.39 is 12.8 Å². The maximum Gasteiger partial charge on any atom is 0.305 e. The van der Waals surface area contributed by atoms with Crippen molar-refractivity contribution < 1.29 is 23.8 Å². The van der Waals surface area contributed by atoms with Crippen LogP contribution >= 0.6 is 0 Å². The molecule has 0 amide bonds. The van der Waals surface area contributed by atoms with E-state index >= 15 is 0 Å². The number of aliphatic hydroxyl groups excluding tert-OH is 1. The Morgan fingerprint density at radius 3 is 2.73 bits per heavy atom. The molecule has 0 aliphatic carbocycles. The van der Waals surface area contributed by atoms with Gasteiger partial charge in [0.25, 0.3) is 0 Å². The van der Waals surface area contributed by atoms with Gasteiger partial charge in [0, 0.05) is 13.0 Å². The van der Waals surface area contributed by atoms with Crippen LogP contribution in [0.4, 0.5) is 4.39 Å². The number of esters is 1. The second kappa shape index (κ2) is 9.86. The standard InChI is InChI=1S/C10H19FO4/c1-14-10(13)5-3-2-4-6-15-8-9(12)7-11/h9,12H,2-8H2,1H3/t9-/m0/s1. The zero-order chi connectivity index (χ0) is 11.5. The number of ether oxygens (including phenoxy) is 2. The van der Waals surface area contributed by atoms with Crippen LogP contribution in [0.1, 0.15) is 25.7 Å². The van der Waals surface area contributed by atoms with Gasteiger partial charge in [0.2, 0.25) is 0 Å². The highest BCUT2D eigenvalue weighted by atomic mass is 19.1. The number of carbonyl (C=O) groups excluding carboxylic acids is 1. The molecule has 15 heavy (non-hydrogen) atoms. The van der Waals surface area contributed by atoms with Gasteiger partial charge in [-0.15, -0.1) is 0 Å². The van der Waals surface area contributed by atoms with Crippen molar-refractivity contribution in [1.82, 2.24) is 0 Å². The number of carbonyl (C=O) groups is 1. The Kier molecular flexibility index (Phi) is 9.41. The van der Waals surface area contributed by atoms with Gasteiger partial charge in [-0.1, -0.05) is 6.42 Å². The summed E-state index contributed by atoms with van der Waals surface area (Å²) in [5.41, 5.74) is 0. The maximum absolute atomic E-state index is 11.8. The Bertz CT molecular complexity index is 164. The van der Waals surface area contributed by atoms with E-state index in [2.05, 4.69) is 4.74 Å². The van der Waals surface area contributed by atoms with Crippen molar-refractivity contribution in [3.8, 4) is 0 Å². The van der Waals surface area contributed by atoms with Gasteiger partial charge in [-0.2, -0.15) is 0 Å². The predicted molar refractivity (Wildman–Crippen MR) is 53.3 cm³/mol. The lowest BCUT2D eigenvalue weighted by atomic mass is 10.2. The number of rotatable bonds is 9. The fourth-order valence-electron chi connectivity index (χ4n) is 1.02. The number of halogens is 1. The Morgan fingerprint density at radius 1 is 1.40 bits per heavy atom. The van der Waals surface area contributed by atoms with E-state index in [4.69, 9.17) is 9.84 Å². The molecular formula is C10H19FO4. The number of hydrogen-bond acceptors (Lipinski definition) is 4. The first-order valence-electron chi connectivity index (χ1n) is 5.09. The average Bonchev–Trinajstić information content (AvgIpc) is 2.26. The quantitative estimate of drug-likeness (QED) is 0.468. The van der Waals surface area contributed by atoms with Gasteiger partial charge < -0.3 is 14.6 Å². The highest BCUT2D eigenvalue weighted by Gasteiger charge is 2.02. The minimum Gasteiger partial charge on any atom is -0.469 e. The molecule has 1 atom stereocenters. The molecule has 0 unspecified atom stereocenters. The number of unbranched alkanes of at least 4 members (excludes halogenated alkanes) is 2. The summed E-state index contributed by atoms with van der Waals surface area (Å²) in [4.78, 5) is 10.7. The molecular weight excluding hydrogens is 203 g/mol. The molecule has 0 radical (unpaired) electrons. The molecule has 90 valence electrons. The molecule has 0 aromatic rings. The highest BCUT2D eigenvalue weighted by Crippen LogP contribution is 2.01. The summed E-state index contributed by atoms with van der Waals surface area (Å²) < 4.78 is 21.3. The van der Waals surface area contributed by atoms with Gasteiger partial charge in [-0.25, -0.2) is 4.39 Å². The average molecular weight is 222 g/mol. The second-order valence-electron chi connectivity index (χ2n) is 3.27. The molecule has 0 aliphatic heterocycles. The maximum atomic E-state index is 11.8. The van der Waals surface area contributed by atoms with Crippen molar-refractivity contribution in [1.29, 1.82) is 0 Å². The Hall–Kier alpha value is -0.680. The summed E-state index contributed by atoms with van der Waals surface area (Å²) in [7, 11) is 1.36. The third-order valence-electron chi connectivity index (χ3n) is 1.89. The molecule has 0 rings (SSSR count). The fraction of sp³-hybridized carbons (Fsp3) is 0.900. The molecule has 0 fully saturated rings. The van der Waals surface area contributed by atoms with Crippen LogP contribution in [-0.4, -0.2) is 44.2 Å². The van der Waals surface area contributed by atoms with Gasteiger partial charge >= 0.3 is 5.97 Å². The van der Waals surface area contributed by atoms with Crippen LogP contribution in [0.5, 0.6) is 0 Å². The van der Waals surface area contributed by atoms with Gasteiger partial charge in [0.15, 0.2) is 0 Å². The van der Waals surface area contributed by atoms with Crippen LogP contribution in [-0.2, 0) is 14.3 Å². The van der Waals surface area contributed by atoms with Crippen molar-refractivity contribution >= 4 is 5.97 Å². The van der Waals surface area contributed by atoms with Gasteiger partial charge in [-0.3, -0.25) is 4.79 Å². The van der Waals surface area contributed by atoms with Gasteiger partial charge in [0.1, 0.15) is 12.8 Å². The summed E-state index contributed by atoms with van der Waals surface area (Å²) in [5, 5.41) is 8.80. The Balaban J connectivity index is 3.08. The lowest BCUT2D eigenvalue weighted by Crippen LogP contribution is -2.17. The monoisotopic (exact) mass is 222 g/mol. The topological polar surface area (TPSA) is 55.8 Å². The molecule has 0 aliphatic rings. The largest absolute Gasteiger partial charge is 0.469 e. The first kappa shape index (κ1) is 14.3. The molecule has 0 aromatic heterocycles. The molecule has 0 saturated heterocycles. The lowest BCUT2D eigenvalue weighted by Gasteiger charge is -2.06. The third-order valence-corrected chi connectivity index (χ3v) is 1.89. The molecule has 1 N–H and O–H groups in total. The summed E-state index contributed by atoms with van der Waals surface area (Å²) in [5.74, 6) is -0.205. The zero-order valence-corrected chi connectivity index (χ0v) is 9.08. The minimum absolute atomic E-state index is 0.0352. The molecule has 0 heterocycles. The third kappa shape index (κ3) is 9.62. The number of alkyl halides is 1. The van der Waals surface area contributed by atoms with E-state index in [1.165, 1.54) is 7.11 Å². The van der Waals surface area contributed by atoms with Crippen molar-refractivity contribution in [2.75, 3.05) is 27.0 Å². The van der Waals surface area contributed by atoms with Crippen molar-refractivity contribution in [2.45, 2.75) is 31.8 Å². The van der Waals surface area contributed by atoms with E-state index in [0.717, 1.165) is 19.3 Å². The van der Waals surface area contributed by atoms with E-state index in [1.54, 1.807) is 0 Å². The summed E-state index contributed by atoms with van der Waals surface area (Å²) in [6.07, 6.45) is 1.84. The molecule has 0 spiro atoms.